The van der Waals surface area contributed by atoms with Crippen LogP contribution in [0.2, 0.25) is 0 Å². The van der Waals surface area contributed by atoms with Crippen molar-refractivity contribution < 1.29 is 4.74 Å². The van der Waals surface area contributed by atoms with E-state index in [0.717, 1.165) is 18.4 Å². The minimum Gasteiger partial charge on any atom is -0.367 e. The maximum atomic E-state index is 5.93. The van der Waals surface area contributed by atoms with Gasteiger partial charge >= 0.3 is 0 Å². The molecule has 0 aromatic rings. The van der Waals surface area contributed by atoms with Crippen molar-refractivity contribution in [2.75, 3.05) is 0 Å². The molecule has 2 unspecified atom stereocenters. The number of hydrogen-bond donors (Lipinski definition) is 0. The molecular weight excluding hydrogens is 148 g/mol. The molecular formula is C11H16O. The van der Waals surface area contributed by atoms with Crippen LogP contribution in [0.3, 0.4) is 0 Å². The molecule has 2 aliphatic heterocycles. The second-order valence-corrected chi connectivity index (χ2v) is 4.15. The third-order valence-electron chi connectivity index (χ3n) is 3.15. The first-order valence-electron chi connectivity index (χ1n) is 4.67. The van der Waals surface area contributed by atoms with E-state index in [2.05, 4.69) is 20.1 Å². The van der Waals surface area contributed by atoms with Gasteiger partial charge in [-0.15, -0.1) is 0 Å². The summed E-state index contributed by atoms with van der Waals surface area (Å²) in [7, 11) is 0. The van der Waals surface area contributed by atoms with Crippen molar-refractivity contribution >= 4 is 0 Å². The van der Waals surface area contributed by atoms with Crippen molar-refractivity contribution in [3.63, 3.8) is 0 Å². The summed E-state index contributed by atoms with van der Waals surface area (Å²) in [6, 6.07) is 0. The van der Waals surface area contributed by atoms with Gasteiger partial charge in [0.05, 0.1) is 11.7 Å². The van der Waals surface area contributed by atoms with Crippen LogP contribution in [0.5, 0.6) is 0 Å². The molecule has 2 fully saturated rings. The Hall–Kier alpha value is -0.560. The van der Waals surface area contributed by atoms with Gasteiger partial charge in [-0.3, -0.25) is 0 Å². The zero-order valence-electron chi connectivity index (χ0n) is 7.73. The molecule has 2 aliphatic rings. The molecule has 0 saturated carbocycles. The topological polar surface area (TPSA) is 9.23 Å². The van der Waals surface area contributed by atoms with Crippen molar-refractivity contribution in [3.05, 3.63) is 24.3 Å². The fourth-order valence-electron chi connectivity index (χ4n) is 2.29. The number of ether oxygens (including phenoxy) is 1. The zero-order valence-corrected chi connectivity index (χ0v) is 7.73. The molecule has 1 nitrogen and oxygen atoms in total. The van der Waals surface area contributed by atoms with E-state index >= 15 is 0 Å². The first kappa shape index (κ1) is 8.06. The minimum atomic E-state index is -0.0851. The van der Waals surface area contributed by atoms with Crippen LogP contribution in [0.4, 0.5) is 0 Å². The molecule has 12 heavy (non-hydrogen) atoms. The Bertz CT molecular complexity index is 241. The quantitative estimate of drug-likeness (QED) is 0.535. The summed E-state index contributed by atoms with van der Waals surface area (Å²) in [5, 5.41) is 0. The maximum absolute atomic E-state index is 5.93. The summed E-state index contributed by atoms with van der Waals surface area (Å²) < 4.78 is 5.93. The van der Waals surface area contributed by atoms with Crippen LogP contribution in [0, 0.1) is 0 Å². The Morgan fingerprint density at radius 3 is 3.00 bits per heavy atom. The smallest absolute Gasteiger partial charge is 0.0904 e. The predicted molar refractivity (Wildman–Crippen MR) is 50.0 cm³/mol. The first-order chi connectivity index (χ1) is 5.62. The van der Waals surface area contributed by atoms with E-state index < -0.39 is 0 Å². The van der Waals surface area contributed by atoms with Crippen LogP contribution in [0.1, 0.15) is 32.6 Å². The summed E-state index contributed by atoms with van der Waals surface area (Å²) in [5.74, 6) is 0. The maximum Gasteiger partial charge on any atom is 0.0904 e. The molecule has 2 rings (SSSR count). The summed E-state index contributed by atoms with van der Waals surface area (Å²) in [6.45, 7) is 10.3. The van der Waals surface area contributed by atoms with Gasteiger partial charge in [-0.25, -0.2) is 0 Å². The van der Waals surface area contributed by atoms with E-state index in [4.69, 9.17) is 4.74 Å². The summed E-state index contributed by atoms with van der Waals surface area (Å²) in [4.78, 5) is 0. The second-order valence-electron chi connectivity index (χ2n) is 4.15. The third kappa shape index (κ3) is 1.04. The van der Waals surface area contributed by atoms with E-state index in [1.54, 1.807) is 0 Å². The summed E-state index contributed by atoms with van der Waals surface area (Å²) in [6.07, 6.45) is 4.99. The van der Waals surface area contributed by atoms with Crippen molar-refractivity contribution in [1.82, 2.24) is 0 Å². The van der Waals surface area contributed by atoms with E-state index in [1.165, 1.54) is 18.4 Å². The van der Waals surface area contributed by atoms with Gasteiger partial charge in [0.25, 0.3) is 0 Å². The average Bonchev–Trinajstić information content (AvgIpc) is 2.01. The SMILES string of the molecule is C=C1CC2CCCC(C)(O2)C1=C. The van der Waals surface area contributed by atoms with E-state index in [-0.39, 0.29) is 5.60 Å². The Labute approximate surface area is 74.1 Å². The van der Waals surface area contributed by atoms with Gasteiger partial charge in [-0.2, -0.15) is 0 Å². The van der Waals surface area contributed by atoms with Crippen molar-refractivity contribution in [1.29, 1.82) is 0 Å². The van der Waals surface area contributed by atoms with Crippen molar-refractivity contribution in [2.45, 2.75) is 44.3 Å². The Morgan fingerprint density at radius 2 is 2.25 bits per heavy atom. The molecule has 0 spiro atoms. The highest BCUT2D eigenvalue weighted by Gasteiger charge is 2.40. The Morgan fingerprint density at radius 1 is 1.50 bits per heavy atom. The lowest BCUT2D eigenvalue weighted by Crippen LogP contribution is -2.44. The van der Waals surface area contributed by atoms with Gasteiger partial charge in [0.15, 0.2) is 0 Å². The highest BCUT2D eigenvalue weighted by Crippen LogP contribution is 2.43. The third-order valence-corrected chi connectivity index (χ3v) is 3.15. The van der Waals surface area contributed by atoms with Crippen LogP contribution in [0.25, 0.3) is 0 Å². The second kappa shape index (κ2) is 2.46. The van der Waals surface area contributed by atoms with Crippen LogP contribution in [-0.2, 0) is 4.74 Å². The van der Waals surface area contributed by atoms with E-state index in [0.29, 0.717) is 6.10 Å². The molecule has 1 heteroatoms. The van der Waals surface area contributed by atoms with Crippen molar-refractivity contribution in [3.8, 4) is 0 Å². The fourth-order valence-corrected chi connectivity index (χ4v) is 2.29. The standard InChI is InChI=1S/C11H16O/c1-8-7-10-5-4-6-11(3,12-10)9(8)2/h10H,1-2,4-7H2,3H3. The normalized spacial score (nSPS) is 41.6. The lowest BCUT2D eigenvalue weighted by atomic mass is 9.77. The van der Waals surface area contributed by atoms with Crippen molar-refractivity contribution in [2.24, 2.45) is 0 Å². The zero-order chi connectivity index (χ0) is 8.77. The lowest BCUT2D eigenvalue weighted by Gasteiger charge is -2.45. The van der Waals surface area contributed by atoms with Crippen LogP contribution >= 0.6 is 0 Å². The summed E-state index contributed by atoms with van der Waals surface area (Å²) in [5.41, 5.74) is 2.24. The first-order valence-corrected chi connectivity index (χ1v) is 4.67. The highest BCUT2D eigenvalue weighted by molar-refractivity contribution is 5.36. The van der Waals surface area contributed by atoms with E-state index in [9.17, 15) is 0 Å². The minimum absolute atomic E-state index is 0.0851. The Kier molecular flexibility index (Phi) is 1.65. The van der Waals surface area contributed by atoms with Gasteiger partial charge in [0.1, 0.15) is 0 Å². The monoisotopic (exact) mass is 164 g/mol. The molecule has 2 saturated heterocycles. The molecule has 0 N–H and O–H groups in total. The number of rotatable bonds is 0. The molecule has 66 valence electrons. The fraction of sp³-hybridized carbons (Fsp3) is 0.636. The molecule has 0 aromatic carbocycles. The van der Waals surface area contributed by atoms with Crippen LogP contribution in [-0.4, -0.2) is 11.7 Å². The number of fused-ring (bicyclic) bond motifs is 2. The molecule has 0 aromatic heterocycles. The highest BCUT2D eigenvalue weighted by atomic mass is 16.5. The molecule has 2 heterocycles. The van der Waals surface area contributed by atoms with Crippen LogP contribution in [0.15, 0.2) is 24.3 Å². The molecule has 2 atom stereocenters. The van der Waals surface area contributed by atoms with E-state index in [1.807, 2.05) is 0 Å². The molecule has 0 amide bonds. The van der Waals surface area contributed by atoms with Crippen LogP contribution < -0.4 is 0 Å². The Balaban J connectivity index is 2.29. The molecule has 2 bridgehead atoms. The predicted octanol–water partition coefficient (Wildman–Crippen LogP) is 2.83. The van der Waals surface area contributed by atoms with Gasteiger partial charge in [0.2, 0.25) is 0 Å². The number of hydrogen-bond acceptors (Lipinski definition) is 1. The largest absolute Gasteiger partial charge is 0.367 e. The summed E-state index contributed by atoms with van der Waals surface area (Å²) >= 11 is 0. The lowest BCUT2D eigenvalue weighted by molar-refractivity contribution is -0.105. The van der Waals surface area contributed by atoms with Gasteiger partial charge in [-0.1, -0.05) is 13.2 Å². The van der Waals surface area contributed by atoms with Gasteiger partial charge in [0, 0.05) is 0 Å². The van der Waals surface area contributed by atoms with Gasteiger partial charge in [-0.05, 0) is 43.8 Å². The molecule has 0 radical (unpaired) electrons. The average molecular weight is 164 g/mol. The molecule has 0 aliphatic carbocycles. The van der Waals surface area contributed by atoms with Gasteiger partial charge < -0.3 is 4.74 Å².